The number of fused-ring (bicyclic) bond motifs is 1. The molecule has 3 aromatic rings. The van der Waals surface area contributed by atoms with E-state index in [2.05, 4.69) is 29.4 Å². The second kappa shape index (κ2) is 6.78. The van der Waals surface area contributed by atoms with Crippen molar-refractivity contribution in [1.29, 1.82) is 0 Å². The van der Waals surface area contributed by atoms with Gasteiger partial charge in [0, 0.05) is 24.1 Å². The summed E-state index contributed by atoms with van der Waals surface area (Å²) in [5.74, 6) is 0.807. The fraction of sp³-hybridized carbons (Fsp3) is 0.350. The first-order chi connectivity index (χ1) is 12.7. The van der Waals surface area contributed by atoms with Gasteiger partial charge in [0.05, 0.1) is 23.6 Å². The van der Waals surface area contributed by atoms with Crippen molar-refractivity contribution in [3.05, 3.63) is 60.0 Å². The molecule has 26 heavy (non-hydrogen) atoms. The lowest BCUT2D eigenvalue weighted by Gasteiger charge is -2.26. The molecule has 1 unspecified atom stereocenters. The van der Waals surface area contributed by atoms with Gasteiger partial charge in [0.15, 0.2) is 0 Å². The molecule has 0 saturated carbocycles. The molecule has 1 aliphatic heterocycles. The number of amides is 1. The van der Waals surface area contributed by atoms with Crippen LogP contribution in [-0.4, -0.2) is 25.5 Å². The van der Waals surface area contributed by atoms with E-state index in [0.29, 0.717) is 6.42 Å². The number of anilines is 1. The van der Waals surface area contributed by atoms with Gasteiger partial charge in [0.1, 0.15) is 5.82 Å². The predicted octanol–water partition coefficient (Wildman–Crippen LogP) is 3.90. The summed E-state index contributed by atoms with van der Waals surface area (Å²) in [5.41, 5.74) is 3.07. The molecule has 1 amide bonds. The Kier molecular flexibility index (Phi) is 4.32. The van der Waals surface area contributed by atoms with Crippen molar-refractivity contribution in [2.75, 3.05) is 5.32 Å². The fourth-order valence-electron chi connectivity index (χ4n) is 3.78. The topological polar surface area (TPSA) is 64.7 Å². The summed E-state index contributed by atoms with van der Waals surface area (Å²) in [6.07, 6.45) is 6.06. The molecule has 0 bridgehead atoms. The number of carbonyl (C=O) groups excluding carboxylic acids is 1. The standard InChI is InChI=1S/C20H23N5O/c1-3-14(4-2)25-20-17(13-22-25)16(12-19(26)23-20)18-10-11-21-24(18)15-8-6-5-7-9-15/h5-11,13-14,16H,3-4,12H2,1-2H3,(H,23,26). The Morgan fingerprint density at radius 3 is 2.65 bits per heavy atom. The molecule has 0 spiro atoms. The zero-order valence-electron chi connectivity index (χ0n) is 15.1. The van der Waals surface area contributed by atoms with Crippen molar-refractivity contribution < 1.29 is 4.79 Å². The van der Waals surface area contributed by atoms with Crippen LogP contribution in [0.1, 0.15) is 56.3 Å². The van der Waals surface area contributed by atoms with Gasteiger partial charge in [-0.3, -0.25) is 4.79 Å². The van der Waals surface area contributed by atoms with Crippen LogP contribution in [-0.2, 0) is 4.79 Å². The van der Waals surface area contributed by atoms with Crippen molar-refractivity contribution in [3.8, 4) is 5.69 Å². The maximum absolute atomic E-state index is 12.4. The van der Waals surface area contributed by atoms with E-state index in [-0.39, 0.29) is 17.9 Å². The maximum atomic E-state index is 12.4. The Labute approximate surface area is 152 Å². The first-order valence-corrected chi connectivity index (χ1v) is 9.19. The minimum absolute atomic E-state index is 0.0241. The summed E-state index contributed by atoms with van der Waals surface area (Å²) in [5, 5.41) is 12.1. The Balaban J connectivity index is 1.79. The molecular weight excluding hydrogens is 326 g/mol. The normalized spacial score (nSPS) is 16.6. The summed E-state index contributed by atoms with van der Waals surface area (Å²) in [6, 6.07) is 12.3. The van der Waals surface area contributed by atoms with Crippen LogP contribution in [0.3, 0.4) is 0 Å². The number of aromatic nitrogens is 4. The molecule has 0 saturated heterocycles. The Morgan fingerprint density at radius 2 is 1.92 bits per heavy atom. The average molecular weight is 349 g/mol. The third-order valence-corrected chi connectivity index (χ3v) is 5.16. The van der Waals surface area contributed by atoms with Gasteiger partial charge in [-0.2, -0.15) is 10.2 Å². The van der Waals surface area contributed by atoms with E-state index < -0.39 is 0 Å². The van der Waals surface area contributed by atoms with Crippen LogP contribution in [0.2, 0.25) is 0 Å². The molecule has 134 valence electrons. The highest BCUT2D eigenvalue weighted by Crippen LogP contribution is 2.39. The van der Waals surface area contributed by atoms with Gasteiger partial charge in [-0.15, -0.1) is 0 Å². The first-order valence-electron chi connectivity index (χ1n) is 9.19. The summed E-state index contributed by atoms with van der Waals surface area (Å²) in [7, 11) is 0. The Morgan fingerprint density at radius 1 is 1.15 bits per heavy atom. The van der Waals surface area contributed by atoms with Crippen LogP contribution < -0.4 is 5.32 Å². The third-order valence-electron chi connectivity index (χ3n) is 5.16. The van der Waals surface area contributed by atoms with Crippen molar-refractivity contribution in [3.63, 3.8) is 0 Å². The van der Waals surface area contributed by atoms with E-state index in [4.69, 9.17) is 0 Å². The Hall–Kier alpha value is -2.89. The molecule has 1 N–H and O–H groups in total. The molecule has 0 radical (unpaired) electrons. The molecule has 1 aromatic carbocycles. The van der Waals surface area contributed by atoms with Crippen LogP contribution in [0.15, 0.2) is 48.8 Å². The molecule has 0 fully saturated rings. The van der Waals surface area contributed by atoms with Crippen LogP contribution in [0, 0.1) is 0 Å². The smallest absolute Gasteiger partial charge is 0.226 e. The number of carbonyl (C=O) groups is 1. The van der Waals surface area contributed by atoms with E-state index in [9.17, 15) is 4.79 Å². The van der Waals surface area contributed by atoms with E-state index >= 15 is 0 Å². The van der Waals surface area contributed by atoms with Crippen LogP contribution in [0.4, 0.5) is 5.82 Å². The summed E-state index contributed by atoms with van der Waals surface area (Å²) < 4.78 is 3.89. The van der Waals surface area contributed by atoms with Crippen molar-refractivity contribution >= 4 is 11.7 Å². The minimum atomic E-state index is -0.0513. The molecule has 2 aromatic heterocycles. The molecule has 1 atom stereocenters. The van der Waals surface area contributed by atoms with E-state index in [0.717, 1.165) is 35.6 Å². The van der Waals surface area contributed by atoms with E-state index in [1.165, 1.54) is 0 Å². The van der Waals surface area contributed by atoms with Gasteiger partial charge in [-0.05, 0) is 31.0 Å². The van der Waals surface area contributed by atoms with Gasteiger partial charge in [-0.25, -0.2) is 9.36 Å². The highest BCUT2D eigenvalue weighted by Gasteiger charge is 2.33. The first kappa shape index (κ1) is 16.6. The zero-order valence-corrected chi connectivity index (χ0v) is 15.1. The monoisotopic (exact) mass is 349 g/mol. The molecule has 0 aliphatic carbocycles. The maximum Gasteiger partial charge on any atom is 0.226 e. The van der Waals surface area contributed by atoms with Crippen molar-refractivity contribution in [2.24, 2.45) is 0 Å². The molecule has 4 rings (SSSR count). The summed E-state index contributed by atoms with van der Waals surface area (Å²) in [6.45, 7) is 4.30. The highest BCUT2D eigenvalue weighted by molar-refractivity contribution is 5.94. The minimum Gasteiger partial charge on any atom is -0.311 e. The lowest BCUT2D eigenvalue weighted by Crippen LogP contribution is -2.27. The predicted molar refractivity (Wildman–Crippen MR) is 100 cm³/mol. The average Bonchev–Trinajstić information content (AvgIpc) is 3.31. The molecule has 1 aliphatic rings. The van der Waals surface area contributed by atoms with Gasteiger partial charge in [-0.1, -0.05) is 32.0 Å². The molecule has 6 heteroatoms. The number of hydrogen-bond donors (Lipinski definition) is 1. The fourth-order valence-corrected chi connectivity index (χ4v) is 3.78. The lowest BCUT2D eigenvalue weighted by molar-refractivity contribution is -0.116. The van der Waals surface area contributed by atoms with Crippen LogP contribution >= 0.6 is 0 Å². The van der Waals surface area contributed by atoms with Crippen LogP contribution in [0.5, 0.6) is 0 Å². The molecule has 6 nitrogen and oxygen atoms in total. The van der Waals surface area contributed by atoms with Gasteiger partial charge in [0.2, 0.25) is 5.91 Å². The molecule has 3 heterocycles. The number of para-hydroxylation sites is 1. The van der Waals surface area contributed by atoms with Crippen molar-refractivity contribution in [2.45, 2.75) is 45.1 Å². The second-order valence-electron chi connectivity index (χ2n) is 6.67. The van der Waals surface area contributed by atoms with E-state index in [1.807, 2.05) is 52.0 Å². The van der Waals surface area contributed by atoms with Gasteiger partial charge < -0.3 is 5.32 Å². The number of hydrogen-bond acceptors (Lipinski definition) is 3. The zero-order chi connectivity index (χ0) is 18.1. The lowest BCUT2D eigenvalue weighted by atomic mass is 9.91. The van der Waals surface area contributed by atoms with Crippen molar-refractivity contribution in [1.82, 2.24) is 19.6 Å². The van der Waals surface area contributed by atoms with Crippen LogP contribution in [0.25, 0.3) is 5.69 Å². The second-order valence-corrected chi connectivity index (χ2v) is 6.67. The number of nitrogens with zero attached hydrogens (tertiary/aromatic N) is 4. The number of benzene rings is 1. The van der Waals surface area contributed by atoms with Gasteiger partial charge in [0.25, 0.3) is 0 Å². The number of nitrogens with one attached hydrogen (secondary N) is 1. The molecular formula is C20H23N5O. The van der Waals surface area contributed by atoms with Gasteiger partial charge >= 0.3 is 0 Å². The third kappa shape index (κ3) is 2.71. The summed E-state index contributed by atoms with van der Waals surface area (Å²) >= 11 is 0. The number of rotatable bonds is 5. The highest BCUT2D eigenvalue weighted by atomic mass is 16.1. The SMILES string of the molecule is CCC(CC)n1ncc2c1NC(=O)CC2c1ccnn1-c1ccccc1. The summed E-state index contributed by atoms with van der Waals surface area (Å²) in [4.78, 5) is 12.4. The quantitative estimate of drug-likeness (QED) is 0.760. The van der Waals surface area contributed by atoms with E-state index in [1.54, 1.807) is 6.20 Å². The largest absolute Gasteiger partial charge is 0.311 e. The Bertz CT molecular complexity index is 907.